The van der Waals surface area contributed by atoms with Crippen molar-refractivity contribution >= 4 is 11.6 Å². The molecule has 1 aliphatic heterocycles. The minimum Gasteiger partial charge on any atom is -0.492 e. The van der Waals surface area contributed by atoms with Crippen LogP contribution in [-0.4, -0.2) is 54.3 Å². The summed E-state index contributed by atoms with van der Waals surface area (Å²) in [6.07, 6.45) is 2.73. The fraction of sp³-hybridized carbons (Fsp3) is 0.448. The van der Waals surface area contributed by atoms with Crippen LogP contribution in [0, 0.1) is 5.92 Å². The number of hydrogen-bond acceptors (Lipinski definition) is 7. The summed E-state index contributed by atoms with van der Waals surface area (Å²) in [7, 11) is 0. The van der Waals surface area contributed by atoms with Gasteiger partial charge >= 0.3 is 0 Å². The highest BCUT2D eigenvalue weighted by molar-refractivity contribution is 5.63. The molecule has 1 aromatic heterocycles. The molecule has 1 aliphatic rings. The zero-order valence-electron chi connectivity index (χ0n) is 21.7. The van der Waals surface area contributed by atoms with Crippen molar-refractivity contribution in [2.24, 2.45) is 5.92 Å². The minimum absolute atomic E-state index is 0.400. The standard InChI is InChI=1S/C29H38N4O3/c1-4-33(5-2)14-16-36-28-10-9-26-18-25(28)21-35-19-22(3)12-15-34-20-23-7-6-8-24(17-23)27-11-13-30-29(31-26)32-27/h6-11,13,17-18,22H,4-5,12,14-16,19-21H2,1-3H3,(H,30,31,32). The van der Waals surface area contributed by atoms with Gasteiger partial charge in [0.05, 0.1) is 18.9 Å². The van der Waals surface area contributed by atoms with Gasteiger partial charge in [-0.25, -0.2) is 9.97 Å². The molecule has 1 unspecified atom stereocenters. The summed E-state index contributed by atoms with van der Waals surface area (Å²) in [4.78, 5) is 11.5. The van der Waals surface area contributed by atoms with E-state index in [4.69, 9.17) is 19.2 Å². The second-order valence-electron chi connectivity index (χ2n) is 9.25. The Hall–Kier alpha value is -3.00. The number of anilines is 2. The first-order valence-corrected chi connectivity index (χ1v) is 13.0. The summed E-state index contributed by atoms with van der Waals surface area (Å²) in [5, 5.41) is 3.36. The average Bonchev–Trinajstić information content (AvgIpc) is 2.90. The molecule has 1 atom stereocenters. The van der Waals surface area contributed by atoms with E-state index in [1.807, 2.05) is 24.3 Å². The number of aromatic nitrogens is 2. The van der Waals surface area contributed by atoms with Gasteiger partial charge in [0.1, 0.15) is 12.4 Å². The Kier molecular flexibility index (Phi) is 9.67. The molecule has 3 aromatic rings. The zero-order valence-corrected chi connectivity index (χ0v) is 21.7. The molecule has 36 heavy (non-hydrogen) atoms. The predicted octanol–water partition coefficient (Wildman–Crippen LogP) is 5.68. The first kappa shape index (κ1) is 26.1. The summed E-state index contributed by atoms with van der Waals surface area (Å²) in [5.74, 6) is 1.80. The molecule has 1 N–H and O–H groups in total. The van der Waals surface area contributed by atoms with Crippen molar-refractivity contribution < 1.29 is 14.2 Å². The number of likely N-dealkylation sites (N-methyl/N-ethyl adjacent to an activating group) is 1. The SMILES string of the molecule is CCN(CC)CCOc1ccc2cc1COCC(C)CCOCc1cccc(c1)-c1ccnc(n1)N2. The summed E-state index contributed by atoms with van der Waals surface area (Å²) >= 11 is 0. The van der Waals surface area contributed by atoms with Crippen molar-refractivity contribution in [3.05, 3.63) is 65.9 Å². The van der Waals surface area contributed by atoms with Gasteiger partial charge in [0.2, 0.25) is 5.95 Å². The fourth-order valence-corrected chi connectivity index (χ4v) is 4.19. The van der Waals surface area contributed by atoms with Crippen LogP contribution in [0.25, 0.3) is 11.3 Å². The molecular weight excluding hydrogens is 452 g/mol. The second-order valence-corrected chi connectivity index (χ2v) is 9.25. The molecular formula is C29H38N4O3. The van der Waals surface area contributed by atoms with E-state index in [9.17, 15) is 0 Å². The van der Waals surface area contributed by atoms with E-state index in [2.05, 4.69) is 60.2 Å². The van der Waals surface area contributed by atoms with Crippen LogP contribution in [0.3, 0.4) is 0 Å². The smallest absolute Gasteiger partial charge is 0.227 e. The highest BCUT2D eigenvalue weighted by Crippen LogP contribution is 2.27. The van der Waals surface area contributed by atoms with Crippen LogP contribution < -0.4 is 10.1 Å². The third-order valence-electron chi connectivity index (χ3n) is 6.44. The molecule has 0 aliphatic carbocycles. The lowest BCUT2D eigenvalue weighted by Gasteiger charge is -2.20. The van der Waals surface area contributed by atoms with Crippen molar-refractivity contribution in [3.63, 3.8) is 0 Å². The zero-order chi connectivity index (χ0) is 25.2. The Morgan fingerprint density at radius 3 is 2.81 bits per heavy atom. The van der Waals surface area contributed by atoms with E-state index in [0.717, 1.165) is 59.9 Å². The van der Waals surface area contributed by atoms with Crippen LogP contribution in [0.4, 0.5) is 11.6 Å². The third-order valence-corrected chi connectivity index (χ3v) is 6.44. The maximum Gasteiger partial charge on any atom is 0.227 e. The summed E-state index contributed by atoms with van der Waals surface area (Å²) in [6, 6.07) is 16.3. The second kappa shape index (κ2) is 13.3. The van der Waals surface area contributed by atoms with Crippen LogP contribution in [0.1, 0.15) is 38.3 Å². The van der Waals surface area contributed by atoms with Crippen molar-refractivity contribution in [1.82, 2.24) is 14.9 Å². The Bertz CT molecular complexity index is 1100. The molecule has 6 bridgehead atoms. The average molecular weight is 491 g/mol. The lowest BCUT2D eigenvalue weighted by molar-refractivity contribution is 0.0625. The maximum atomic E-state index is 6.18. The molecule has 0 saturated heterocycles. The fourth-order valence-electron chi connectivity index (χ4n) is 4.19. The van der Waals surface area contributed by atoms with Gasteiger partial charge in [0.15, 0.2) is 0 Å². The number of nitrogens with zero attached hydrogens (tertiary/aromatic N) is 3. The maximum absolute atomic E-state index is 6.18. The molecule has 0 saturated carbocycles. The Balaban J connectivity index is 1.57. The molecule has 4 rings (SSSR count). The van der Waals surface area contributed by atoms with Crippen molar-refractivity contribution in [3.8, 4) is 17.0 Å². The van der Waals surface area contributed by atoms with E-state index in [-0.39, 0.29) is 0 Å². The topological polar surface area (TPSA) is 68.7 Å². The van der Waals surface area contributed by atoms with Crippen molar-refractivity contribution in [1.29, 1.82) is 0 Å². The van der Waals surface area contributed by atoms with Crippen LogP contribution in [-0.2, 0) is 22.7 Å². The van der Waals surface area contributed by atoms with Crippen molar-refractivity contribution in [2.75, 3.05) is 44.8 Å². The Morgan fingerprint density at radius 1 is 1.06 bits per heavy atom. The Labute approximate surface area is 214 Å². The first-order chi connectivity index (χ1) is 17.6. The first-order valence-electron chi connectivity index (χ1n) is 13.0. The van der Waals surface area contributed by atoms with E-state index in [1.54, 1.807) is 6.20 Å². The molecule has 0 fully saturated rings. The highest BCUT2D eigenvalue weighted by atomic mass is 16.5. The summed E-state index contributed by atoms with van der Waals surface area (Å²) < 4.78 is 18.3. The molecule has 7 heteroatoms. The van der Waals surface area contributed by atoms with Crippen LogP contribution in [0.15, 0.2) is 54.7 Å². The Morgan fingerprint density at radius 2 is 1.94 bits per heavy atom. The molecule has 7 nitrogen and oxygen atoms in total. The van der Waals surface area contributed by atoms with Gasteiger partial charge in [0.25, 0.3) is 0 Å². The van der Waals surface area contributed by atoms with Gasteiger partial charge in [-0.1, -0.05) is 39.0 Å². The predicted molar refractivity (Wildman–Crippen MR) is 144 cm³/mol. The van der Waals surface area contributed by atoms with Crippen molar-refractivity contribution in [2.45, 2.75) is 40.4 Å². The molecule has 0 radical (unpaired) electrons. The molecule has 2 heterocycles. The van der Waals surface area contributed by atoms with Crippen LogP contribution >= 0.6 is 0 Å². The quantitative estimate of drug-likeness (QED) is 0.477. The van der Waals surface area contributed by atoms with E-state index in [1.165, 1.54) is 0 Å². The summed E-state index contributed by atoms with van der Waals surface area (Å²) in [5.41, 5.74) is 4.95. The third kappa shape index (κ3) is 7.50. The highest BCUT2D eigenvalue weighted by Gasteiger charge is 2.11. The number of ether oxygens (including phenoxy) is 3. The minimum atomic E-state index is 0.400. The number of benzene rings is 2. The van der Waals surface area contributed by atoms with Gasteiger partial charge in [-0.15, -0.1) is 0 Å². The largest absolute Gasteiger partial charge is 0.492 e. The van der Waals surface area contributed by atoms with Gasteiger partial charge in [-0.3, -0.25) is 0 Å². The van der Waals surface area contributed by atoms with Gasteiger partial charge in [-0.05, 0) is 61.3 Å². The molecule has 2 aromatic carbocycles. The lowest BCUT2D eigenvalue weighted by atomic mass is 10.1. The molecule has 0 amide bonds. The monoisotopic (exact) mass is 490 g/mol. The number of rotatable bonds is 6. The van der Waals surface area contributed by atoms with E-state index < -0.39 is 0 Å². The lowest BCUT2D eigenvalue weighted by Crippen LogP contribution is -2.28. The number of fused-ring (bicyclic) bond motifs is 7. The normalized spacial score (nSPS) is 16.6. The van der Waals surface area contributed by atoms with Crippen LogP contribution in [0.2, 0.25) is 0 Å². The molecule has 0 spiro atoms. The van der Waals surface area contributed by atoms with E-state index in [0.29, 0.717) is 44.9 Å². The van der Waals surface area contributed by atoms with Crippen LogP contribution in [0.5, 0.6) is 5.75 Å². The number of nitrogens with one attached hydrogen (secondary N) is 1. The van der Waals surface area contributed by atoms with E-state index >= 15 is 0 Å². The number of hydrogen-bond donors (Lipinski definition) is 1. The van der Waals surface area contributed by atoms with Gasteiger partial charge in [-0.2, -0.15) is 0 Å². The van der Waals surface area contributed by atoms with Gasteiger partial charge in [0, 0.05) is 42.8 Å². The van der Waals surface area contributed by atoms with Gasteiger partial charge < -0.3 is 24.4 Å². The summed E-state index contributed by atoms with van der Waals surface area (Å²) in [6.45, 7) is 12.5. The molecule has 192 valence electrons.